The average Bonchev–Trinajstić information content (AvgIpc) is 2.19. The highest BCUT2D eigenvalue weighted by molar-refractivity contribution is 5.13. The monoisotopic (exact) mass is 176 g/mol. The molecule has 0 unspecified atom stereocenters. The van der Waals surface area contributed by atoms with Gasteiger partial charge >= 0.3 is 0 Å². The first-order valence-corrected chi connectivity index (χ1v) is 4.11. The molecule has 0 bridgehead atoms. The van der Waals surface area contributed by atoms with Crippen LogP contribution in [0, 0.1) is 11.8 Å². The topological polar surface area (TPSA) is 29.5 Å². The third kappa shape index (κ3) is 4.32. The maximum atomic E-state index is 8.35. The van der Waals surface area contributed by atoms with E-state index in [0.717, 1.165) is 5.56 Å². The van der Waals surface area contributed by atoms with E-state index in [9.17, 15) is 0 Å². The van der Waals surface area contributed by atoms with Crippen LogP contribution in [0.2, 0.25) is 0 Å². The Bertz CT molecular complexity index is 282. The predicted octanol–water partition coefficient (Wildman–Crippen LogP) is 1.20. The van der Waals surface area contributed by atoms with Gasteiger partial charge in [-0.2, -0.15) is 0 Å². The van der Waals surface area contributed by atoms with Crippen molar-refractivity contribution in [3.63, 3.8) is 0 Å². The summed E-state index contributed by atoms with van der Waals surface area (Å²) in [6.07, 6.45) is 0. The van der Waals surface area contributed by atoms with Gasteiger partial charge in [0, 0.05) is 0 Å². The molecule has 2 nitrogen and oxygen atoms in total. The van der Waals surface area contributed by atoms with Gasteiger partial charge in [0.15, 0.2) is 0 Å². The molecular formula is C11H12O2. The second-order valence-corrected chi connectivity index (χ2v) is 2.49. The quantitative estimate of drug-likeness (QED) is 0.554. The summed E-state index contributed by atoms with van der Waals surface area (Å²) < 4.78 is 5.24. The van der Waals surface area contributed by atoms with Gasteiger partial charge in [-0.15, -0.1) is 0 Å². The van der Waals surface area contributed by atoms with Crippen molar-refractivity contribution in [2.45, 2.75) is 6.61 Å². The van der Waals surface area contributed by atoms with Gasteiger partial charge in [0.05, 0.1) is 6.61 Å². The highest BCUT2D eigenvalue weighted by Gasteiger charge is 1.88. The van der Waals surface area contributed by atoms with Crippen LogP contribution < -0.4 is 0 Å². The number of rotatable bonds is 3. The molecule has 1 aromatic rings. The third-order valence-electron chi connectivity index (χ3n) is 1.49. The first-order valence-electron chi connectivity index (χ1n) is 4.11. The van der Waals surface area contributed by atoms with Crippen molar-refractivity contribution < 1.29 is 9.84 Å². The molecule has 0 atom stereocenters. The molecule has 1 rings (SSSR count). The average molecular weight is 176 g/mol. The van der Waals surface area contributed by atoms with E-state index in [1.54, 1.807) is 0 Å². The molecule has 0 fully saturated rings. The Hall–Kier alpha value is -1.30. The van der Waals surface area contributed by atoms with E-state index in [0.29, 0.717) is 13.2 Å². The number of aliphatic hydroxyl groups excluding tert-OH is 1. The van der Waals surface area contributed by atoms with Crippen molar-refractivity contribution in [3.8, 4) is 11.8 Å². The molecule has 0 aliphatic carbocycles. The summed E-state index contributed by atoms with van der Waals surface area (Å²) in [5.41, 5.74) is 1.13. The van der Waals surface area contributed by atoms with E-state index in [2.05, 4.69) is 11.8 Å². The minimum atomic E-state index is -0.102. The maximum Gasteiger partial charge on any atom is 0.108 e. The van der Waals surface area contributed by atoms with Crippen LogP contribution in [0.5, 0.6) is 0 Å². The molecule has 2 heteroatoms. The molecular weight excluding hydrogens is 164 g/mol. The molecule has 68 valence electrons. The number of aliphatic hydroxyl groups is 1. The Labute approximate surface area is 78.2 Å². The highest BCUT2D eigenvalue weighted by Crippen LogP contribution is 1.99. The summed E-state index contributed by atoms with van der Waals surface area (Å²) in [7, 11) is 0. The van der Waals surface area contributed by atoms with Gasteiger partial charge in [-0.3, -0.25) is 0 Å². The van der Waals surface area contributed by atoms with E-state index < -0.39 is 0 Å². The van der Waals surface area contributed by atoms with Crippen molar-refractivity contribution in [3.05, 3.63) is 35.9 Å². The van der Waals surface area contributed by atoms with Crippen LogP contribution in [0.3, 0.4) is 0 Å². The van der Waals surface area contributed by atoms with Gasteiger partial charge in [-0.25, -0.2) is 0 Å². The van der Waals surface area contributed by atoms with Crippen LogP contribution in [0.4, 0.5) is 0 Å². The second kappa shape index (κ2) is 6.24. The van der Waals surface area contributed by atoms with Gasteiger partial charge in [0.1, 0.15) is 13.2 Å². The van der Waals surface area contributed by atoms with Crippen molar-refractivity contribution in [1.29, 1.82) is 0 Å². The van der Waals surface area contributed by atoms with Crippen LogP contribution in [0.1, 0.15) is 5.56 Å². The molecule has 0 radical (unpaired) electrons. The Balaban J connectivity index is 2.20. The lowest BCUT2D eigenvalue weighted by Gasteiger charge is -1.98. The lowest BCUT2D eigenvalue weighted by Crippen LogP contribution is -1.92. The molecule has 0 saturated heterocycles. The fraction of sp³-hybridized carbons (Fsp3) is 0.273. The predicted molar refractivity (Wildman–Crippen MR) is 51.0 cm³/mol. The Morgan fingerprint density at radius 2 is 1.92 bits per heavy atom. The zero-order valence-electron chi connectivity index (χ0n) is 7.36. The first kappa shape index (κ1) is 9.79. The largest absolute Gasteiger partial charge is 0.384 e. The van der Waals surface area contributed by atoms with Crippen LogP contribution in [-0.4, -0.2) is 18.3 Å². The maximum absolute atomic E-state index is 8.35. The number of hydrogen-bond acceptors (Lipinski definition) is 2. The molecule has 0 heterocycles. The Morgan fingerprint density at radius 3 is 2.62 bits per heavy atom. The van der Waals surface area contributed by atoms with Gasteiger partial charge in [0.2, 0.25) is 0 Å². The van der Waals surface area contributed by atoms with E-state index in [-0.39, 0.29) is 6.61 Å². The molecule has 0 aliphatic heterocycles. The molecule has 0 amide bonds. The van der Waals surface area contributed by atoms with E-state index in [4.69, 9.17) is 9.84 Å². The fourth-order valence-corrected chi connectivity index (χ4v) is 0.901. The molecule has 0 saturated carbocycles. The summed E-state index contributed by atoms with van der Waals surface area (Å²) in [4.78, 5) is 0. The second-order valence-electron chi connectivity index (χ2n) is 2.49. The molecule has 1 aromatic carbocycles. The highest BCUT2D eigenvalue weighted by atomic mass is 16.5. The van der Waals surface area contributed by atoms with Crippen LogP contribution in [-0.2, 0) is 11.3 Å². The van der Waals surface area contributed by atoms with Crippen molar-refractivity contribution in [2.24, 2.45) is 0 Å². The lowest BCUT2D eigenvalue weighted by atomic mass is 10.2. The van der Waals surface area contributed by atoms with Gasteiger partial charge < -0.3 is 9.84 Å². The van der Waals surface area contributed by atoms with E-state index in [1.807, 2.05) is 30.3 Å². The molecule has 13 heavy (non-hydrogen) atoms. The van der Waals surface area contributed by atoms with Crippen LogP contribution in [0.25, 0.3) is 0 Å². The smallest absolute Gasteiger partial charge is 0.108 e. The summed E-state index contributed by atoms with van der Waals surface area (Å²) in [6, 6.07) is 9.91. The zero-order valence-corrected chi connectivity index (χ0v) is 7.36. The summed E-state index contributed by atoms with van der Waals surface area (Å²) in [5.74, 6) is 5.20. The fourth-order valence-electron chi connectivity index (χ4n) is 0.901. The summed E-state index contributed by atoms with van der Waals surface area (Å²) in [6.45, 7) is 0.838. The third-order valence-corrected chi connectivity index (χ3v) is 1.49. The van der Waals surface area contributed by atoms with Crippen molar-refractivity contribution in [1.82, 2.24) is 0 Å². The number of hydrogen-bond donors (Lipinski definition) is 1. The van der Waals surface area contributed by atoms with Crippen LogP contribution >= 0.6 is 0 Å². The molecule has 0 spiro atoms. The Kier molecular flexibility index (Phi) is 4.70. The van der Waals surface area contributed by atoms with Gasteiger partial charge in [-0.1, -0.05) is 42.2 Å². The van der Waals surface area contributed by atoms with Crippen molar-refractivity contribution in [2.75, 3.05) is 13.2 Å². The van der Waals surface area contributed by atoms with Crippen molar-refractivity contribution >= 4 is 0 Å². The zero-order chi connectivity index (χ0) is 9.36. The number of benzene rings is 1. The summed E-state index contributed by atoms with van der Waals surface area (Å²) >= 11 is 0. The Morgan fingerprint density at radius 1 is 1.15 bits per heavy atom. The molecule has 1 N–H and O–H groups in total. The number of ether oxygens (including phenoxy) is 1. The molecule has 0 aromatic heterocycles. The normalized spacial score (nSPS) is 9.00. The van der Waals surface area contributed by atoms with Crippen LogP contribution in [0.15, 0.2) is 30.3 Å². The minimum absolute atomic E-state index is 0.102. The SMILES string of the molecule is OCC#CCOCc1ccccc1. The minimum Gasteiger partial charge on any atom is -0.384 e. The van der Waals surface area contributed by atoms with E-state index >= 15 is 0 Å². The first-order chi connectivity index (χ1) is 6.43. The lowest BCUT2D eigenvalue weighted by molar-refractivity contribution is 0.153. The summed E-state index contributed by atoms with van der Waals surface area (Å²) in [5, 5.41) is 8.35. The van der Waals surface area contributed by atoms with Gasteiger partial charge in [0.25, 0.3) is 0 Å². The standard InChI is InChI=1S/C11H12O2/c12-8-4-5-9-13-10-11-6-2-1-3-7-11/h1-3,6-7,12H,8-10H2. The van der Waals surface area contributed by atoms with E-state index in [1.165, 1.54) is 0 Å². The van der Waals surface area contributed by atoms with Gasteiger partial charge in [-0.05, 0) is 5.56 Å². The molecule has 0 aliphatic rings.